The van der Waals surface area contributed by atoms with Gasteiger partial charge in [0.2, 0.25) is 0 Å². The van der Waals surface area contributed by atoms with Gasteiger partial charge in [0.1, 0.15) is 5.75 Å². The quantitative estimate of drug-likeness (QED) is 0.805. The number of hydrogen-bond donors (Lipinski definition) is 3. The number of anilines is 1. The van der Waals surface area contributed by atoms with Crippen LogP contribution in [-0.4, -0.2) is 18.1 Å². The van der Waals surface area contributed by atoms with Crippen LogP contribution in [0.15, 0.2) is 46.9 Å². The number of hydrogen-bond acceptors (Lipinski definition) is 3. The van der Waals surface area contributed by atoms with Crippen LogP contribution in [0.1, 0.15) is 15.9 Å². The van der Waals surface area contributed by atoms with E-state index in [9.17, 15) is 9.90 Å². The maximum absolute atomic E-state index is 11.4. The van der Waals surface area contributed by atoms with E-state index in [2.05, 4.69) is 26.6 Å². The second-order valence-corrected chi connectivity index (χ2v) is 5.15. The number of amides is 1. The molecular formula is C15H15BrN2O2. The zero-order valence-corrected chi connectivity index (χ0v) is 12.6. The van der Waals surface area contributed by atoms with Gasteiger partial charge in [-0.05, 0) is 57.9 Å². The molecule has 0 heterocycles. The molecule has 3 N–H and O–H groups in total. The fourth-order valence-electron chi connectivity index (χ4n) is 1.75. The predicted octanol–water partition coefficient (Wildman–Crippen LogP) is 3.13. The van der Waals surface area contributed by atoms with Crippen LogP contribution in [0.3, 0.4) is 0 Å². The number of phenolic OH excluding ortho intramolecular Hbond substituents is 1. The van der Waals surface area contributed by atoms with E-state index in [0.29, 0.717) is 16.6 Å². The Morgan fingerprint density at radius 2 is 1.90 bits per heavy atom. The third-order valence-corrected chi connectivity index (χ3v) is 3.52. The third-order valence-electron chi connectivity index (χ3n) is 2.88. The van der Waals surface area contributed by atoms with Gasteiger partial charge in [0.25, 0.3) is 5.91 Å². The van der Waals surface area contributed by atoms with Gasteiger partial charge in [0.15, 0.2) is 0 Å². The number of carbonyl (C=O) groups excluding carboxylic acids is 1. The van der Waals surface area contributed by atoms with Gasteiger partial charge in [-0.2, -0.15) is 0 Å². The highest BCUT2D eigenvalue weighted by atomic mass is 79.9. The molecule has 0 aliphatic rings. The first-order chi connectivity index (χ1) is 9.60. The van der Waals surface area contributed by atoms with E-state index in [4.69, 9.17) is 0 Å². The van der Waals surface area contributed by atoms with Gasteiger partial charge in [0, 0.05) is 24.8 Å². The second-order valence-electron chi connectivity index (χ2n) is 4.30. The summed E-state index contributed by atoms with van der Waals surface area (Å²) in [5.41, 5.74) is 2.61. The highest BCUT2D eigenvalue weighted by Gasteiger charge is 2.03. The van der Waals surface area contributed by atoms with Crippen LogP contribution in [0.5, 0.6) is 5.75 Å². The molecule has 1 amide bonds. The Morgan fingerprint density at radius 1 is 1.20 bits per heavy atom. The molecule has 0 aliphatic heterocycles. The van der Waals surface area contributed by atoms with E-state index >= 15 is 0 Å². The summed E-state index contributed by atoms with van der Waals surface area (Å²) in [6.07, 6.45) is 0. The summed E-state index contributed by atoms with van der Waals surface area (Å²) in [5, 5.41) is 15.3. The van der Waals surface area contributed by atoms with Crippen LogP contribution in [-0.2, 0) is 6.54 Å². The standard InChI is InChI=1S/C15H15BrN2O2/c1-17-15(20)11-3-5-12(6-4-11)18-9-10-2-7-14(19)13(16)8-10/h2-8,18-19H,9H2,1H3,(H,17,20). The molecule has 4 nitrogen and oxygen atoms in total. The van der Waals surface area contributed by atoms with Gasteiger partial charge in [-0.3, -0.25) is 4.79 Å². The first-order valence-corrected chi connectivity index (χ1v) is 6.93. The Morgan fingerprint density at radius 3 is 2.50 bits per heavy atom. The zero-order chi connectivity index (χ0) is 14.5. The topological polar surface area (TPSA) is 61.4 Å². The molecule has 0 aliphatic carbocycles. The molecule has 104 valence electrons. The lowest BCUT2D eigenvalue weighted by atomic mass is 10.2. The molecule has 2 aromatic rings. The summed E-state index contributed by atoms with van der Waals surface area (Å²) < 4.78 is 0.673. The van der Waals surface area contributed by atoms with Crippen LogP contribution in [0.2, 0.25) is 0 Å². The number of carbonyl (C=O) groups is 1. The molecule has 0 unspecified atom stereocenters. The number of benzene rings is 2. The molecule has 0 spiro atoms. The maximum atomic E-state index is 11.4. The number of halogens is 1. The Bertz CT molecular complexity index is 612. The van der Waals surface area contributed by atoms with Crippen LogP contribution in [0.4, 0.5) is 5.69 Å². The van der Waals surface area contributed by atoms with E-state index < -0.39 is 0 Å². The number of aromatic hydroxyl groups is 1. The molecular weight excluding hydrogens is 320 g/mol. The van der Waals surface area contributed by atoms with E-state index in [1.165, 1.54) is 0 Å². The number of nitrogens with one attached hydrogen (secondary N) is 2. The smallest absolute Gasteiger partial charge is 0.251 e. The van der Waals surface area contributed by atoms with Crippen molar-refractivity contribution in [1.29, 1.82) is 0 Å². The summed E-state index contributed by atoms with van der Waals surface area (Å²) in [4.78, 5) is 11.4. The number of phenols is 1. The van der Waals surface area contributed by atoms with Crippen molar-refractivity contribution in [3.8, 4) is 5.75 Å². The van der Waals surface area contributed by atoms with Gasteiger partial charge >= 0.3 is 0 Å². The lowest BCUT2D eigenvalue weighted by Crippen LogP contribution is -2.17. The number of rotatable bonds is 4. The van der Waals surface area contributed by atoms with Gasteiger partial charge < -0.3 is 15.7 Å². The predicted molar refractivity (Wildman–Crippen MR) is 83.0 cm³/mol. The van der Waals surface area contributed by atoms with Crippen molar-refractivity contribution in [2.75, 3.05) is 12.4 Å². The second kappa shape index (κ2) is 6.43. The van der Waals surface area contributed by atoms with Gasteiger partial charge in [-0.25, -0.2) is 0 Å². The molecule has 0 saturated carbocycles. The molecule has 2 aromatic carbocycles. The molecule has 0 aromatic heterocycles. The Kier molecular flexibility index (Phi) is 4.63. The monoisotopic (exact) mass is 334 g/mol. The minimum Gasteiger partial charge on any atom is -0.507 e. The van der Waals surface area contributed by atoms with Crippen molar-refractivity contribution in [2.45, 2.75) is 6.54 Å². The molecule has 5 heteroatoms. The van der Waals surface area contributed by atoms with E-state index in [0.717, 1.165) is 11.3 Å². The third kappa shape index (κ3) is 3.51. The van der Waals surface area contributed by atoms with Crippen molar-refractivity contribution in [3.05, 3.63) is 58.1 Å². The molecule has 20 heavy (non-hydrogen) atoms. The van der Waals surface area contributed by atoms with Gasteiger partial charge in [0.05, 0.1) is 4.47 Å². The Balaban J connectivity index is 2.00. The highest BCUT2D eigenvalue weighted by Crippen LogP contribution is 2.24. The van der Waals surface area contributed by atoms with Crippen LogP contribution in [0.25, 0.3) is 0 Å². The summed E-state index contributed by atoms with van der Waals surface area (Å²) >= 11 is 3.28. The summed E-state index contributed by atoms with van der Waals surface area (Å²) in [6.45, 7) is 0.637. The molecule has 0 fully saturated rings. The first-order valence-electron chi connectivity index (χ1n) is 6.13. The molecule has 2 rings (SSSR count). The first kappa shape index (κ1) is 14.4. The SMILES string of the molecule is CNC(=O)c1ccc(NCc2ccc(O)c(Br)c2)cc1. The fourth-order valence-corrected chi connectivity index (χ4v) is 2.17. The highest BCUT2D eigenvalue weighted by molar-refractivity contribution is 9.10. The molecule has 0 saturated heterocycles. The largest absolute Gasteiger partial charge is 0.507 e. The summed E-state index contributed by atoms with van der Waals surface area (Å²) in [7, 11) is 1.61. The van der Waals surface area contributed by atoms with Crippen molar-refractivity contribution >= 4 is 27.5 Å². The van der Waals surface area contributed by atoms with Crippen molar-refractivity contribution in [3.63, 3.8) is 0 Å². The summed E-state index contributed by atoms with van der Waals surface area (Å²) in [6, 6.07) is 12.6. The van der Waals surface area contributed by atoms with Crippen LogP contribution < -0.4 is 10.6 Å². The minimum absolute atomic E-state index is 0.0981. The van der Waals surface area contributed by atoms with Crippen LogP contribution in [0, 0.1) is 0 Å². The lowest BCUT2D eigenvalue weighted by Gasteiger charge is -2.08. The minimum atomic E-state index is -0.0981. The van der Waals surface area contributed by atoms with E-state index in [1.807, 2.05) is 24.3 Å². The molecule has 0 bridgehead atoms. The average molecular weight is 335 g/mol. The molecule has 0 atom stereocenters. The van der Waals surface area contributed by atoms with E-state index in [1.54, 1.807) is 25.2 Å². The van der Waals surface area contributed by atoms with Crippen molar-refractivity contribution in [2.24, 2.45) is 0 Å². The maximum Gasteiger partial charge on any atom is 0.251 e. The zero-order valence-electron chi connectivity index (χ0n) is 11.0. The lowest BCUT2D eigenvalue weighted by molar-refractivity contribution is 0.0963. The fraction of sp³-hybridized carbons (Fsp3) is 0.133. The average Bonchev–Trinajstić information content (AvgIpc) is 2.48. The van der Waals surface area contributed by atoms with Crippen molar-refractivity contribution < 1.29 is 9.90 Å². The van der Waals surface area contributed by atoms with Crippen LogP contribution >= 0.6 is 15.9 Å². The summed E-state index contributed by atoms with van der Waals surface area (Å²) in [5.74, 6) is 0.127. The normalized spacial score (nSPS) is 10.1. The Labute approximate surface area is 126 Å². The van der Waals surface area contributed by atoms with E-state index in [-0.39, 0.29) is 11.7 Å². The van der Waals surface area contributed by atoms with Crippen molar-refractivity contribution in [1.82, 2.24) is 5.32 Å². The van der Waals surface area contributed by atoms with Gasteiger partial charge in [-0.1, -0.05) is 6.07 Å². The Hall–Kier alpha value is -2.01. The molecule has 0 radical (unpaired) electrons. The van der Waals surface area contributed by atoms with Gasteiger partial charge in [-0.15, -0.1) is 0 Å².